The molecule has 27 heavy (non-hydrogen) atoms. The second kappa shape index (κ2) is 8.09. The summed E-state index contributed by atoms with van der Waals surface area (Å²) in [4.78, 5) is 18.7. The molecule has 1 aliphatic rings. The lowest BCUT2D eigenvalue weighted by Crippen LogP contribution is -2.45. The van der Waals surface area contributed by atoms with Crippen molar-refractivity contribution in [1.82, 2.24) is 15.2 Å². The first-order valence-electron chi connectivity index (χ1n) is 9.60. The minimum atomic E-state index is 0.0673. The molecule has 4 rings (SSSR count). The maximum Gasteiger partial charge on any atom is 0.317 e. The zero-order valence-corrected chi connectivity index (χ0v) is 16.4. The first-order valence-corrected chi connectivity index (χ1v) is 10.5. The summed E-state index contributed by atoms with van der Waals surface area (Å²) in [6, 6.07) is 10.8. The maximum absolute atomic E-state index is 12.5. The summed E-state index contributed by atoms with van der Waals surface area (Å²) >= 11 is 1.70. The quantitative estimate of drug-likeness (QED) is 0.694. The van der Waals surface area contributed by atoms with Gasteiger partial charge in [0.15, 0.2) is 0 Å². The highest BCUT2D eigenvalue weighted by atomic mass is 32.1. The highest BCUT2D eigenvalue weighted by Crippen LogP contribution is 2.32. The first kappa shape index (κ1) is 18.0. The summed E-state index contributed by atoms with van der Waals surface area (Å²) in [5.74, 6) is 0.854. The summed E-state index contributed by atoms with van der Waals surface area (Å²) in [5.41, 5.74) is 2.69. The Labute approximate surface area is 164 Å². The Morgan fingerprint density at radius 1 is 1.30 bits per heavy atom. The van der Waals surface area contributed by atoms with Crippen molar-refractivity contribution >= 4 is 28.1 Å². The molecule has 2 amide bonds. The van der Waals surface area contributed by atoms with E-state index in [1.165, 1.54) is 21.9 Å². The van der Waals surface area contributed by atoms with E-state index < -0.39 is 0 Å². The number of hydrogen-bond donors (Lipinski definition) is 1. The molecule has 0 radical (unpaired) electrons. The summed E-state index contributed by atoms with van der Waals surface area (Å²) in [6.45, 7) is 4.46. The van der Waals surface area contributed by atoms with Crippen LogP contribution in [0.25, 0.3) is 10.8 Å². The van der Waals surface area contributed by atoms with Gasteiger partial charge in [-0.1, -0.05) is 25.1 Å². The van der Waals surface area contributed by atoms with Gasteiger partial charge in [0.2, 0.25) is 0 Å². The fraction of sp³-hybridized carbons (Fsp3) is 0.364. The molecule has 0 aliphatic carbocycles. The molecule has 1 fully saturated rings. The minimum Gasteiger partial charge on any atom is -0.337 e. The highest BCUT2D eigenvalue weighted by Gasteiger charge is 2.25. The van der Waals surface area contributed by atoms with Gasteiger partial charge >= 0.3 is 6.03 Å². The number of hydrogen-bond acceptors (Lipinski definition) is 3. The molecule has 1 aromatic carbocycles. The summed E-state index contributed by atoms with van der Waals surface area (Å²) < 4.78 is 0. The van der Waals surface area contributed by atoms with Gasteiger partial charge in [-0.05, 0) is 64.1 Å². The number of pyridine rings is 1. The smallest absolute Gasteiger partial charge is 0.317 e. The summed E-state index contributed by atoms with van der Waals surface area (Å²) in [6.07, 6.45) is 5.81. The number of carbonyl (C=O) groups excluding carboxylic acids is 1. The standard InChI is InChI=1S/C22H25N3OS/c1-16(19-8-12-27-15-19)13-24-22(26)25-10-6-17(7-11-25)20-4-2-3-18-14-23-9-5-21(18)20/h2-5,8-9,12,14-17H,6-7,10-11,13H2,1H3,(H,24,26). The van der Waals surface area contributed by atoms with Crippen molar-refractivity contribution in [2.75, 3.05) is 19.6 Å². The van der Waals surface area contributed by atoms with E-state index in [4.69, 9.17) is 0 Å². The molecule has 1 N–H and O–H groups in total. The number of piperidine rings is 1. The molecular weight excluding hydrogens is 354 g/mol. The topological polar surface area (TPSA) is 45.2 Å². The molecule has 3 heterocycles. The molecule has 0 spiro atoms. The Morgan fingerprint density at radius 3 is 2.93 bits per heavy atom. The molecule has 2 aromatic heterocycles. The second-order valence-electron chi connectivity index (χ2n) is 7.35. The van der Waals surface area contributed by atoms with Crippen molar-refractivity contribution in [3.05, 3.63) is 64.6 Å². The van der Waals surface area contributed by atoms with E-state index in [1.807, 2.05) is 17.3 Å². The van der Waals surface area contributed by atoms with Crippen LogP contribution in [-0.4, -0.2) is 35.5 Å². The van der Waals surface area contributed by atoms with Crippen LogP contribution in [-0.2, 0) is 0 Å². The number of nitrogens with zero attached hydrogens (tertiary/aromatic N) is 2. The van der Waals surface area contributed by atoms with E-state index in [-0.39, 0.29) is 6.03 Å². The lowest BCUT2D eigenvalue weighted by Gasteiger charge is -2.33. The highest BCUT2D eigenvalue weighted by molar-refractivity contribution is 7.07. The predicted octanol–water partition coefficient (Wildman–Crippen LogP) is 4.99. The van der Waals surface area contributed by atoms with E-state index in [0.717, 1.165) is 25.9 Å². The second-order valence-corrected chi connectivity index (χ2v) is 8.13. The molecule has 0 bridgehead atoms. The SMILES string of the molecule is CC(CNC(=O)N1CCC(c2cccc3cnccc23)CC1)c1ccsc1. The Morgan fingerprint density at radius 2 is 2.15 bits per heavy atom. The van der Waals surface area contributed by atoms with E-state index in [2.05, 4.69) is 58.3 Å². The van der Waals surface area contributed by atoms with E-state index in [9.17, 15) is 4.79 Å². The third-order valence-corrected chi connectivity index (χ3v) is 6.31. The summed E-state index contributed by atoms with van der Waals surface area (Å²) in [7, 11) is 0. The van der Waals surface area contributed by atoms with Crippen LogP contribution < -0.4 is 5.32 Å². The van der Waals surface area contributed by atoms with Gasteiger partial charge in [-0.3, -0.25) is 4.98 Å². The lowest BCUT2D eigenvalue weighted by atomic mass is 9.87. The van der Waals surface area contributed by atoms with Crippen molar-refractivity contribution in [2.45, 2.75) is 31.6 Å². The Kier molecular flexibility index (Phi) is 5.39. The van der Waals surface area contributed by atoms with Gasteiger partial charge in [-0.25, -0.2) is 4.79 Å². The van der Waals surface area contributed by atoms with Gasteiger partial charge in [-0.15, -0.1) is 0 Å². The van der Waals surface area contributed by atoms with Crippen LogP contribution >= 0.6 is 11.3 Å². The Hall–Kier alpha value is -2.40. The number of benzene rings is 1. The average molecular weight is 380 g/mol. The molecule has 140 valence electrons. The zero-order chi connectivity index (χ0) is 18.6. The molecule has 1 unspecified atom stereocenters. The minimum absolute atomic E-state index is 0.0673. The number of likely N-dealkylation sites (tertiary alicyclic amines) is 1. The number of carbonyl (C=O) groups is 1. The van der Waals surface area contributed by atoms with E-state index in [1.54, 1.807) is 11.3 Å². The van der Waals surface area contributed by atoms with E-state index >= 15 is 0 Å². The van der Waals surface area contributed by atoms with Gasteiger partial charge in [0.25, 0.3) is 0 Å². The number of thiophene rings is 1. The van der Waals surface area contributed by atoms with Crippen LogP contribution in [0.15, 0.2) is 53.5 Å². The molecule has 3 aromatic rings. The molecule has 0 saturated carbocycles. The van der Waals surface area contributed by atoms with Gasteiger partial charge in [0.1, 0.15) is 0 Å². The first-order chi connectivity index (χ1) is 13.2. The number of fused-ring (bicyclic) bond motifs is 1. The van der Waals surface area contributed by atoms with Crippen LogP contribution in [0, 0.1) is 0 Å². The third-order valence-electron chi connectivity index (χ3n) is 5.61. The molecule has 4 nitrogen and oxygen atoms in total. The van der Waals surface area contributed by atoms with E-state index in [0.29, 0.717) is 18.4 Å². The number of nitrogens with one attached hydrogen (secondary N) is 1. The molecule has 1 aliphatic heterocycles. The van der Waals surface area contributed by atoms with Crippen molar-refractivity contribution < 1.29 is 4.79 Å². The van der Waals surface area contributed by atoms with Crippen molar-refractivity contribution in [1.29, 1.82) is 0 Å². The van der Waals surface area contributed by atoms with Crippen LogP contribution in [0.3, 0.4) is 0 Å². The lowest BCUT2D eigenvalue weighted by molar-refractivity contribution is 0.181. The fourth-order valence-corrected chi connectivity index (χ4v) is 4.70. The predicted molar refractivity (Wildman–Crippen MR) is 111 cm³/mol. The van der Waals surface area contributed by atoms with Gasteiger partial charge in [0, 0.05) is 37.4 Å². The number of amides is 2. The van der Waals surface area contributed by atoms with Crippen LogP contribution in [0.2, 0.25) is 0 Å². The Bertz CT molecular complexity index is 896. The Balaban J connectivity index is 1.34. The van der Waals surface area contributed by atoms with Crippen molar-refractivity contribution in [3.8, 4) is 0 Å². The van der Waals surface area contributed by atoms with Crippen molar-refractivity contribution in [3.63, 3.8) is 0 Å². The zero-order valence-electron chi connectivity index (χ0n) is 15.6. The number of rotatable bonds is 4. The van der Waals surface area contributed by atoms with Crippen LogP contribution in [0.5, 0.6) is 0 Å². The normalized spacial score (nSPS) is 16.4. The molecular formula is C22H25N3OS. The van der Waals surface area contributed by atoms with Gasteiger partial charge < -0.3 is 10.2 Å². The monoisotopic (exact) mass is 379 g/mol. The number of urea groups is 1. The van der Waals surface area contributed by atoms with Gasteiger partial charge in [-0.2, -0.15) is 11.3 Å². The largest absolute Gasteiger partial charge is 0.337 e. The molecule has 1 atom stereocenters. The summed E-state index contributed by atoms with van der Waals surface area (Å²) in [5, 5.41) is 9.83. The number of aromatic nitrogens is 1. The average Bonchev–Trinajstić information content (AvgIpc) is 3.26. The molecule has 5 heteroatoms. The van der Waals surface area contributed by atoms with Crippen LogP contribution in [0.1, 0.15) is 42.7 Å². The van der Waals surface area contributed by atoms with Crippen molar-refractivity contribution in [2.24, 2.45) is 0 Å². The molecule has 1 saturated heterocycles. The third kappa shape index (κ3) is 3.98. The maximum atomic E-state index is 12.5. The fourth-order valence-electron chi connectivity index (χ4n) is 3.92. The van der Waals surface area contributed by atoms with Crippen LogP contribution in [0.4, 0.5) is 4.79 Å². The van der Waals surface area contributed by atoms with Gasteiger partial charge in [0.05, 0.1) is 0 Å².